The first-order chi connectivity index (χ1) is 10.1. The first-order valence-corrected chi connectivity index (χ1v) is 8.18. The highest BCUT2D eigenvalue weighted by molar-refractivity contribution is 5.81. The normalized spacial score (nSPS) is 20.0. The zero-order valence-electron chi connectivity index (χ0n) is 13.0. The van der Waals surface area contributed by atoms with Gasteiger partial charge in [-0.25, -0.2) is 0 Å². The molecule has 1 saturated heterocycles. The van der Waals surface area contributed by atoms with Gasteiger partial charge in [-0.1, -0.05) is 19.9 Å². The van der Waals surface area contributed by atoms with Crippen LogP contribution >= 0.6 is 0 Å². The van der Waals surface area contributed by atoms with E-state index >= 15 is 0 Å². The number of hydrogen-bond acceptors (Lipinski definition) is 2. The summed E-state index contributed by atoms with van der Waals surface area (Å²) in [4.78, 5) is 14.2. The molecule has 3 nitrogen and oxygen atoms in total. The third-order valence-electron chi connectivity index (χ3n) is 4.87. The number of hydrogen-bond donors (Lipinski definition) is 1. The van der Waals surface area contributed by atoms with E-state index in [1.54, 1.807) is 6.07 Å². The molecule has 1 aliphatic heterocycles. The summed E-state index contributed by atoms with van der Waals surface area (Å²) >= 11 is 0. The van der Waals surface area contributed by atoms with Crippen LogP contribution in [0.15, 0.2) is 18.2 Å². The minimum atomic E-state index is 0.335. The van der Waals surface area contributed by atoms with Crippen molar-refractivity contribution in [3.63, 3.8) is 0 Å². The van der Waals surface area contributed by atoms with Crippen LogP contribution in [0.1, 0.15) is 62.5 Å². The number of piperidine rings is 1. The zero-order chi connectivity index (χ0) is 15.0. The van der Waals surface area contributed by atoms with E-state index in [0.29, 0.717) is 29.4 Å². The monoisotopic (exact) mass is 287 g/mol. The highest BCUT2D eigenvalue weighted by Crippen LogP contribution is 2.37. The maximum absolute atomic E-state index is 12.1. The summed E-state index contributed by atoms with van der Waals surface area (Å²) in [7, 11) is 0. The van der Waals surface area contributed by atoms with Crippen molar-refractivity contribution < 1.29 is 9.90 Å². The number of phenolic OH excluding ortho intramolecular Hbond substituents is 1. The molecule has 0 spiro atoms. The van der Waals surface area contributed by atoms with Crippen LogP contribution in [0.25, 0.3) is 0 Å². The molecule has 0 bridgehead atoms. The maximum atomic E-state index is 12.1. The zero-order valence-corrected chi connectivity index (χ0v) is 13.0. The number of carbonyl (C=O) groups is 1. The first-order valence-electron chi connectivity index (χ1n) is 8.18. The maximum Gasteiger partial charge on any atom is 0.225 e. The first kappa shape index (κ1) is 14.4. The van der Waals surface area contributed by atoms with Crippen LogP contribution in [-0.4, -0.2) is 29.0 Å². The number of carbonyl (C=O) groups excluding carboxylic acids is 1. The molecule has 3 heteroatoms. The van der Waals surface area contributed by atoms with Crippen molar-refractivity contribution >= 4 is 5.91 Å². The number of aromatic hydroxyl groups is 1. The molecule has 2 aliphatic rings. The van der Waals surface area contributed by atoms with Crippen LogP contribution < -0.4 is 0 Å². The molecule has 1 heterocycles. The molecule has 1 amide bonds. The van der Waals surface area contributed by atoms with E-state index in [4.69, 9.17) is 0 Å². The molecule has 1 aliphatic carbocycles. The summed E-state index contributed by atoms with van der Waals surface area (Å²) in [5.74, 6) is 2.00. The predicted octanol–water partition coefficient (Wildman–Crippen LogP) is 3.63. The minimum absolute atomic E-state index is 0.335. The highest BCUT2D eigenvalue weighted by Gasteiger charge is 2.35. The Morgan fingerprint density at radius 1 is 1.19 bits per heavy atom. The standard InChI is InChI=1S/C18H25NO2/c1-12(2)17-11-15(20)5-6-16(17)13-7-9-19(10-8-13)18(21)14-3-4-14/h5-6,11-14,20H,3-4,7-10H2,1-2H3. The largest absolute Gasteiger partial charge is 0.508 e. The van der Waals surface area contributed by atoms with Gasteiger partial charge in [0.1, 0.15) is 5.75 Å². The van der Waals surface area contributed by atoms with Crippen molar-refractivity contribution in [1.82, 2.24) is 4.90 Å². The smallest absolute Gasteiger partial charge is 0.225 e. The Bertz CT molecular complexity index is 526. The number of likely N-dealkylation sites (tertiary alicyclic amines) is 1. The van der Waals surface area contributed by atoms with Crippen molar-refractivity contribution in [2.75, 3.05) is 13.1 Å². The number of phenols is 1. The Morgan fingerprint density at radius 3 is 2.43 bits per heavy atom. The van der Waals surface area contributed by atoms with Gasteiger partial charge in [0.2, 0.25) is 5.91 Å². The fourth-order valence-corrected chi connectivity index (χ4v) is 3.43. The highest BCUT2D eigenvalue weighted by atomic mass is 16.3. The Balaban J connectivity index is 1.70. The van der Waals surface area contributed by atoms with Crippen LogP contribution in [0.4, 0.5) is 0 Å². The van der Waals surface area contributed by atoms with Gasteiger partial charge in [-0.2, -0.15) is 0 Å². The molecule has 0 unspecified atom stereocenters. The van der Waals surface area contributed by atoms with E-state index in [-0.39, 0.29) is 0 Å². The lowest BCUT2D eigenvalue weighted by atomic mass is 9.83. The Morgan fingerprint density at radius 2 is 1.86 bits per heavy atom. The SMILES string of the molecule is CC(C)c1cc(O)ccc1C1CCN(C(=O)C2CC2)CC1. The van der Waals surface area contributed by atoms with Crippen molar-refractivity contribution in [3.8, 4) is 5.75 Å². The predicted molar refractivity (Wildman–Crippen MR) is 83.5 cm³/mol. The molecule has 0 atom stereocenters. The third-order valence-corrected chi connectivity index (χ3v) is 4.87. The van der Waals surface area contributed by atoms with Gasteiger partial charge >= 0.3 is 0 Å². The fraction of sp³-hybridized carbons (Fsp3) is 0.611. The van der Waals surface area contributed by atoms with Crippen LogP contribution in [0, 0.1) is 5.92 Å². The van der Waals surface area contributed by atoms with Crippen molar-refractivity contribution in [2.24, 2.45) is 5.92 Å². The van der Waals surface area contributed by atoms with E-state index in [2.05, 4.69) is 24.8 Å². The summed E-state index contributed by atoms with van der Waals surface area (Å²) in [6.45, 7) is 6.12. The molecule has 2 fully saturated rings. The number of amides is 1. The second kappa shape index (κ2) is 5.70. The third kappa shape index (κ3) is 3.07. The van der Waals surface area contributed by atoms with E-state index in [9.17, 15) is 9.90 Å². The van der Waals surface area contributed by atoms with Crippen LogP contribution in [0.3, 0.4) is 0 Å². The average Bonchev–Trinajstić information content (AvgIpc) is 3.31. The fourth-order valence-electron chi connectivity index (χ4n) is 3.43. The topological polar surface area (TPSA) is 40.5 Å². The quantitative estimate of drug-likeness (QED) is 0.922. The van der Waals surface area contributed by atoms with E-state index < -0.39 is 0 Å². The minimum Gasteiger partial charge on any atom is -0.508 e. The van der Waals surface area contributed by atoms with E-state index in [1.165, 1.54) is 11.1 Å². The van der Waals surface area contributed by atoms with E-state index in [1.807, 2.05) is 6.07 Å². The van der Waals surface area contributed by atoms with Gasteiger partial charge in [-0.05, 0) is 60.8 Å². The molecule has 0 radical (unpaired) electrons. The van der Waals surface area contributed by atoms with Gasteiger partial charge in [-0.3, -0.25) is 4.79 Å². The van der Waals surface area contributed by atoms with Crippen LogP contribution in [-0.2, 0) is 4.79 Å². The lowest BCUT2D eigenvalue weighted by molar-refractivity contribution is -0.133. The molecule has 0 aromatic heterocycles. The summed E-state index contributed by atoms with van der Waals surface area (Å²) in [5, 5.41) is 9.71. The summed E-state index contributed by atoms with van der Waals surface area (Å²) < 4.78 is 0. The molecule has 1 aromatic rings. The average molecular weight is 287 g/mol. The van der Waals surface area contributed by atoms with Gasteiger partial charge in [0, 0.05) is 19.0 Å². The van der Waals surface area contributed by atoms with Crippen molar-refractivity contribution in [3.05, 3.63) is 29.3 Å². The Kier molecular flexibility index (Phi) is 3.92. The lowest BCUT2D eigenvalue weighted by Gasteiger charge is -2.33. The summed E-state index contributed by atoms with van der Waals surface area (Å²) in [5.41, 5.74) is 2.61. The van der Waals surface area contributed by atoms with Gasteiger partial charge in [0.05, 0.1) is 0 Å². The van der Waals surface area contributed by atoms with Gasteiger partial charge in [0.15, 0.2) is 0 Å². The van der Waals surface area contributed by atoms with Gasteiger partial charge in [0.25, 0.3) is 0 Å². The molecular weight excluding hydrogens is 262 g/mol. The number of nitrogens with zero attached hydrogens (tertiary/aromatic N) is 1. The second-order valence-corrected chi connectivity index (χ2v) is 6.84. The molecule has 1 aromatic carbocycles. The molecule has 3 rings (SSSR count). The Hall–Kier alpha value is -1.51. The van der Waals surface area contributed by atoms with Crippen LogP contribution in [0.5, 0.6) is 5.75 Å². The summed E-state index contributed by atoms with van der Waals surface area (Å²) in [6.07, 6.45) is 4.27. The van der Waals surface area contributed by atoms with Crippen molar-refractivity contribution in [1.29, 1.82) is 0 Å². The molecule has 114 valence electrons. The second-order valence-electron chi connectivity index (χ2n) is 6.84. The molecule has 1 saturated carbocycles. The Labute approximate surface area is 127 Å². The number of benzene rings is 1. The van der Waals surface area contributed by atoms with Crippen molar-refractivity contribution in [2.45, 2.75) is 51.4 Å². The van der Waals surface area contributed by atoms with Crippen LogP contribution in [0.2, 0.25) is 0 Å². The van der Waals surface area contributed by atoms with Gasteiger partial charge < -0.3 is 10.0 Å². The molecule has 21 heavy (non-hydrogen) atoms. The number of rotatable bonds is 3. The lowest BCUT2D eigenvalue weighted by Crippen LogP contribution is -2.38. The molecular formula is C18H25NO2. The molecule has 1 N–H and O–H groups in total. The van der Waals surface area contributed by atoms with E-state index in [0.717, 1.165) is 38.8 Å². The van der Waals surface area contributed by atoms with Gasteiger partial charge in [-0.15, -0.1) is 0 Å². The summed E-state index contributed by atoms with van der Waals surface area (Å²) in [6, 6.07) is 5.78.